The highest BCUT2D eigenvalue weighted by Crippen LogP contribution is 1.89. The molecule has 0 radical (unpaired) electrons. The van der Waals surface area contributed by atoms with E-state index in [9.17, 15) is 0 Å². The van der Waals surface area contributed by atoms with E-state index in [4.69, 9.17) is 0 Å². The second kappa shape index (κ2) is 1.68. The summed E-state index contributed by atoms with van der Waals surface area (Å²) in [6, 6.07) is 0. The van der Waals surface area contributed by atoms with Crippen LogP contribution in [0.3, 0.4) is 0 Å². The topological polar surface area (TPSA) is 64.5 Å². The normalized spacial score (nSPS) is 16.0. The van der Waals surface area contributed by atoms with E-state index in [-0.39, 0.29) is 0 Å². The van der Waals surface area contributed by atoms with E-state index in [0.29, 0.717) is 6.79 Å². The van der Waals surface area contributed by atoms with Crippen LogP contribution >= 0.6 is 0 Å². The van der Waals surface area contributed by atoms with E-state index in [1.807, 2.05) is 0 Å². The maximum atomic E-state index is 4.00. The van der Waals surface area contributed by atoms with Gasteiger partial charge in [-0.3, -0.25) is 0 Å². The summed E-state index contributed by atoms with van der Waals surface area (Å²) in [5.74, 6) is 0. The third-order valence-corrected chi connectivity index (χ3v) is 0.186. The highest BCUT2D eigenvalue weighted by molar-refractivity contribution is 3.87. The summed E-state index contributed by atoms with van der Waals surface area (Å²) >= 11 is 0. The van der Waals surface area contributed by atoms with E-state index >= 15 is 0 Å². The van der Waals surface area contributed by atoms with Gasteiger partial charge < -0.3 is 0 Å². The zero-order valence-electron chi connectivity index (χ0n) is 2.75. The van der Waals surface area contributed by atoms with Gasteiger partial charge in [-0.2, -0.15) is 0 Å². The Morgan fingerprint density at radius 2 is 1.17 bits per heavy atom. The van der Waals surface area contributed by atoms with E-state index in [1.165, 1.54) is 0 Å². The van der Waals surface area contributed by atoms with Gasteiger partial charge in [-0.05, 0) is 0 Å². The maximum Gasteiger partial charge on any atom is 0.214 e. The number of rotatable bonds is 0. The molecule has 0 saturated carbocycles. The minimum Gasteiger partial charge on any atom is -0.202 e. The quantitative estimate of drug-likeness (QED) is 0.343. The fourth-order valence-electron chi connectivity index (χ4n) is 0. The van der Waals surface area contributed by atoms with Crippen LogP contribution in [0.4, 0.5) is 0 Å². The van der Waals surface area contributed by atoms with E-state index in [1.54, 1.807) is 0 Å². The molecule has 1 fully saturated rings. The first kappa shape index (κ1) is 3.51. The van der Waals surface area contributed by atoms with Crippen LogP contribution < -0.4 is 0 Å². The largest absolute Gasteiger partial charge is 0.214 e. The molecular weight excluding hydrogens is 92.0 g/mol. The van der Waals surface area contributed by atoms with Gasteiger partial charge in [-0.25, -0.2) is 9.78 Å². The average molecular weight is 94.0 g/mol. The van der Waals surface area contributed by atoms with Crippen molar-refractivity contribution in [3.63, 3.8) is 0 Å². The molecule has 1 aromatic heterocycles. The molecule has 5 heteroatoms. The van der Waals surface area contributed by atoms with Crippen LogP contribution in [-0.2, 0) is 9.78 Å². The number of hydrogen-bond acceptors (Lipinski definition) is 5. The first-order chi connectivity index (χ1) is 3.00. The van der Waals surface area contributed by atoms with Crippen LogP contribution in [-0.4, -0.2) is 6.79 Å². The minimum absolute atomic E-state index is 0.500. The van der Waals surface area contributed by atoms with Gasteiger partial charge in [0, 0.05) is 14.2 Å². The van der Waals surface area contributed by atoms with Crippen molar-refractivity contribution in [1.29, 1.82) is 0 Å². The average Bonchev–Trinajstić information content (AvgIpc) is 2.31. The maximum absolute atomic E-state index is 4.00. The van der Waals surface area contributed by atoms with Crippen molar-refractivity contribution in [3.8, 4) is 0 Å². The zero-order chi connectivity index (χ0) is 4.24. The molecule has 2 heterocycles. The molecule has 0 unspecified atom stereocenters. The summed E-state index contributed by atoms with van der Waals surface area (Å²) in [5, 5.41) is 0. The van der Waals surface area contributed by atoms with Crippen LogP contribution in [0.15, 0.2) is 14.2 Å². The van der Waals surface area contributed by atoms with Crippen molar-refractivity contribution in [2.24, 2.45) is 0 Å². The molecule has 5 nitrogen and oxygen atoms in total. The molecule has 0 spiro atoms. The Hall–Kier alpha value is -0.680. The Bertz CT molecular complexity index is 55.2. The van der Waals surface area contributed by atoms with Gasteiger partial charge in [0.15, 0.2) is 0 Å². The van der Waals surface area contributed by atoms with Crippen molar-refractivity contribution in [3.05, 3.63) is 0 Å². The summed E-state index contributed by atoms with van der Waals surface area (Å²) < 4.78 is 10.5. The predicted molar refractivity (Wildman–Crippen MR) is 10.3 cm³/mol. The van der Waals surface area contributed by atoms with E-state index in [0.717, 1.165) is 0 Å². The van der Waals surface area contributed by atoms with Crippen LogP contribution in [0, 0.1) is 0 Å². The Morgan fingerprint density at radius 3 is 1.17 bits per heavy atom. The first-order valence-corrected chi connectivity index (χ1v) is 1.24. The monoisotopic (exact) mass is 94.0 g/mol. The van der Waals surface area contributed by atoms with Crippen molar-refractivity contribution in [1.82, 2.24) is 0 Å². The molecule has 2 rings (SSSR count). The van der Waals surface area contributed by atoms with Crippen molar-refractivity contribution >= 4 is 0 Å². The van der Waals surface area contributed by atoms with Gasteiger partial charge >= 0.3 is 0 Å². The summed E-state index contributed by atoms with van der Waals surface area (Å²) in [6.07, 6.45) is 0. The molecule has 36 valence electrons. The third-order valence-electron chi connectivity index (χ3n) is 0.186. The van der Waals surface area contributed by atoms with Gasteiger partial charge in [-0.1, -0.05) is 0 Å². The molecule has 0 N–H and O–H groups in total. The summed E-state index contributed by atoms with van der Waals surface area (Å²) in [4.78, 5) is 8.00. The second-order valence-corrected chi connectivity index (χ2v) is 0.558. The van der Waals surface area contributed by atoms with Gasteiger partial charge in [0.05, 0.1) is 0 Å². The predicted octanol–water partition coefficient (Wildman–Crippen LogP) is 0.371. The molecule has 1 aliphatic rings. The van der Waals surface area contributed by atoms with Crippen LogP contribution in [0.25, 0.3) is 0 Å². The summed E-state index contributed by atoms with van der Waals surface area (Å²) in [6.45, 7) is 0.500. The minimum atomic E-state index is 0.500. The lowest BCUT2D eigenvalue weighted by Crippen LogP contribution is -1.16. The molecule has 6 heavy (non-hydrogen) atoms. The van der Waals surface area contributed by atoms with Crippen LogP contribution in [0.1, 0.15) is 0 Å². The van der Waals surface area contributed by atoms with Crippen molar-refractivity contribution < 1.29 is 24.0 Å². The molecule has 1 saturated heterocycles. The molecule has 0 atom stereocenters. The fraction of sp³-hybridized carbons (Fsp3) is 1.00. The summed E-state index contributed by atoms with van der Waals surface area (Å²) in [5.41, 5.74) is 0. The van der Waals surface area contributed by atoms with Crippen LogP contribution in [0.2, 0.25) is 0 Å². The lowest BCUT2D eigenvalue weighted by Gasteiger charge is -1.20. The highest BCUT2D eigenvalue weighted by Gasteiger charge is 1.95. The molecule has 0 aromatic carbocycles. The Balaban J connectivity index is 0.0000000600. The van der Waals surface area contributed by atoms with Gasteiger partial charge in [0.2, 0.25) is 6.79 Å². The fourth-order valence-corrected chi connectivity index (χ4v) is 0. The van der Waals surface area contributed by atoms with Crippen LogP contribution in [0.5, 0.6) is 0 Å². The molecule has 1 aromatic rings. The summed E-state index contributed by atoms with van der Waals surface area (Å²) in [7, 11) is 0. The molecule has 0 aliphatic carbocycles. The smallest absolute Gasteiger partial charge is 0.202 e. The molecular formula is CH2O5. The van der Waals surface area contributed by atoms with Gasteiger partial charge in [0.25, 0.3) is 0 Å². The molecule has 0 bridgehead atoms. The lowest BCUT2D eigenvalue weighted by molar-refractivity contribution is 0.0850. The van der Waals surface area contributed by atoms with E-state index in [2.05, 4.69) is 24.0 Å². The first-order valence-electron chi connectivity index (χ1n) is 1.24. The van der Waals surface area contributed by atoms with E-state index < -0.39 is 0 Å². The van der Waals surface area contributed by atoms with Crippen molar-refractivity contribution in [2.75, 3.05) is 6.79 Å². The van der Waals surface area contributed by atoms with Crippen molar-refractivity contribution in [2.45, 2.75) is 0 Å². The SMILES string of the molecule is C1OO1.o1oo1. The molecule has 0 amide bonds. The third kappa shape index (κ3) is 10.3. The zero-order valence-corrected chi connectivity index (χ0v) is 2.75. The van der Waals surface area contributed by atoms with Gasteiger partial charge in [0.1, 0.15) is 0 Å². The Labute approximate surface area is 32.1 Å². The second-order valence-electron chi connectivity index (χ2n) is 0.558. The standard InChI is InChI=1S/CH2O2.O3/c2*1-2-3-1/h1H2;. The molecule has 1 aliphatic heterocycles. The van der Waals surface area contributed by atoms with Gasteiger partial charge in [-0.15, -0.1) is 0 Å². The Kier molecular flexibility index (Phi) is 0.984. The lowest BCUT2D eigenvalue weighted by atomic mass is 11.6. The highest BCUT2D eigenvalue weighted by atomic mass is 17.6. The Morgan fingerprint density at radius 1 is 0.833 bits per heavy atom. The number of hydrogen-bond donors (Lipinski definition) is 0.